The lowest BCUT2D eigenvalue weighted by Crippen LogP contribution is -2.22. The van der Waals surface area contributed by atoms with E-state index in [9.17, 15) is 4.79 Å². The molecule has 0 saturated heterocycles. The Balaban J connectivity index is 1.93. The molecule has 3 nitrogen and oxygen atoms in total. The van der Waals surface area contributed by atoms with Crippen molar-refractivity contribution in [3.63, 3.8) is 0 Å². The van der Waals surface area contributed by atoms with Crippen molar-refractivity contribution in [2.75, 3.05) is 5.32 Å². The van der Waals surface area contributed by atoms with Crippen LogP contribution in [0, 0.1) is 0 Å². The van der Waals surface area contributed by atoms with Gasteiger partial charge >= 0.3 is 0 Å². The summed E-state index contributed by atoms with van der Waals surface area (Å²) in [6.45, 7) is 5.04. The second-order valence-corrected chi connectivity index (χ2v) is 5.45. The van der Waals surface area contributed by atoms with Crippen LogP contribution in [0.15, 0.2) is 54.6 Å². The summed E-state index contributed by atoms with van der Waals surface area (Å²) in [5.74, 6) is 0.00942. The van der Waals surface area contributed by atoms with Crippen molar-refractivity contribution < 1.29 is 4.79 Å². The predicted molar refractivity (Wildman–Crippen MR) is 87.2 cm³/mol. The summed E-state index contributed by atoms with van der Waals surface area (Å²) in [6, 6.07) is 18.2. The summed E-state index contributed by atoms with van der Waals surface area (Å²) in [4.78, 5) is 12.0. The van der Waals surface area contributed by atoms with E-state index in [1.165, 1.54) is 5.56 Å². The molecule has 2 rings (SSSR count). The van der Waals surface area contributed by atoms with Crippen molar-refractivity contribution in [3.05, 3.63) is 65.7 Å². The Morgan fingerprint density at radius 3 is 2.43 bits per heavy atom. The first-order valence-corrected chi connectivity index (χ1v) is 7.29. The monoisotopic (exact) mass is 282 g/mol. The first-order valence-electron chi connectivity index (χ1n) is 7.29. The number of rotatable bonds is 6. The first kappa shape index (κ1) is 15.3. The van der Waals surface area contributed by atoms with Gasteiger partial charge in [-0.1, -0.05) is 56.3 Å². The minimum atomic E-state index is 0.00942. The third-order valence-electron chi connectivity index (χ3n) is 3.13. The maximum Gasteiger partial charge on any atom is 0.228 e. The molecule has 0 aliphatic carbocycles. The fourth-order valence-electron chi connectivity index (χ4n) is 2.07. The van der Waals surface area contributed by atoms with Gasteiger partial charge in [-0.15, -0.1) is 0 Å². The predicted octanol–water partition coefficient (Wildman–Crippen LogP) is 3.37. The Morgan fingerprint density at radius 1 is 1.00 bits per heavy atom. The third-order valence-corrected chi connectivity index (χ3v) is 3.13. The number of hydrogen-bond donors (Lipinski definition) is 2. The molecule has 1 amide bonds. The van der Waals surface area contributed by atoms with Crippen molar-refractivity contribution in [1.29, 1.82) is 0 Å². The van der Waals surface area contributed by atoms with Crippen LogP contribution in [-0.2, 0) is 17.8 Å². The van der Waals surface area contributed by atoms with E-state index < -0.39 is 0 Å². The molecule has 3 heteroatoms. The van der Waals surface area contributed by atoms with Gasteiger partial charge in [-0.25, -0.2) is 0 Å². The van der Waals surface area contributed by atoms with Crippen LogP contribution in [0.3, 0.4) is 0 Å². The Hall–Kier alpha value is -2.13. The normalized spacial score (nSPS) is 10.6. The van der Waals surface area contributed by atoms with Gasteiger partial charge in [0.05, 0.1) is 6.42 Å². The molecule has 0 fully saturated rings. The van der Waals surface area contributed by atoms with Crippen LogP contribution in [0.25, 0.3) is 0 Å². The maximum absolute atomic E-state index is 12.0. The molecule has 0 aliphatic heterocycles. The van der Waals surface area contributed by atoms with Gasteiger partial charge in [-0.2, -0.15) is 0 Å². The largest absolute Gasteiger partial charge is 0.326 e. The fourth-order valence-corrected chi connectivity index (χ4v) is 2.07. The summed E-state index contributed by atoms with van der Waals surface area (Å²) in [6.07, 6.45) is 0.398. The van der Waals surface area contributed by atoms with E-state index in [2.05, 4.69) is 30.5 Å². The van der Waals surface area contributed by atoms with Crippen LogP contribution >= 0.6 is 0 Å². The summed E-state index contributed by atoms with van der Waals surface area (Å²) >= 11 is 0. The van der Waals surface area contributed by atoms with Crippen LogP contribution in [-0.4, -0.2) is 11.9 Å². The van der Waals surface area contributed by atoms with E-state index >= 15 is 0 Å². The summed E-state index contributed by atoms with van der Waals surface area (Å²) in [7, 11) is 0. The molecular formula is C18H22N2O. The minimum absolute atomic E-state index is 0.00942. The molecule has 110 valence electrons. The van der Waals surface area contributed by atoms with E-state index in [0.717, 1.165) is 17.8 Å². The Morgan fingerprint density at radius 2 is 1.71 bits per heavy atom. The second-order valence-electron chi connectivity index (χ2n) is 5.45. The molecule has 0 aromatic heterocycles. The van der Waals surface area contributed by atoms with E-state index in [-0.39, 0.29) is 5.91 Å². The highest BCUT2D eigenvalue weighted by Crippen LogP contribution is 2.11. The lowest BCUT2D eigenvalue weighted by Gasteiger charge is -2.10. The Labute approximate surface area is 126 Å². The zero-order valence-corrected chi connectivity index (χ0v) is 12.6. The van der Waals surface area contributed by atoms with Crippen LogP contribution in [0.5, 0.6) is 0 Å². The average molecular weight is 282 g/mol. The van der Waals surface area contributed by atoms with Crippen LogP contribution in [0.1, 0.15) is 25.0 Å². The standard InChI is InChI=1S/C18H22N2O/c1-14(2)19-13-16-9-6-10-17(11-16)20-18(21)12-15-7-4-3-5-8-15/h3-11,14,19H,12-13H2,1-2H3,(H,20,21). The van der Waals surface area contributed by atoms with E-state index in [1.807, 2.05) is 48.5 Å². The molecule has 0 spiro atoms. The molecule has 0 heterocycles. The van der Waals surface area contributed by atoms with Gasteiger partial charge in [0.1, 0.15) is 0 Å². The summed E-state index contributed by atoms with van der Waals surface area (Å²) in [5, 5.41) is 6.32. The summed E-state index contributed by atoms with van der Waals surface area (Å²) < 4.78 is 0. The van der Waals surface area contributed by atoms with Gasteiger partial charge in [0, 0.05) is 18.3 Å². The van der Waals surface area contributed by atoms with E-state index in [0.29, 0.717) is 12.5 Å². The number of benzene rings is 2. The molecular weight excluding hydrogens is 260 g/mol. The van der Waals surface area contributed by atoms with Crippen LogP contribution in [0.4, 0.5) is 5.69 Å². The molecule has 0 unspecified atom stereocenters. The van der Waals surface area contributed by atoms with Gasteiger partial charge < -0.3 is 10.6 Å². The van der Waals surface area contributed by atoms with Gasteiger partial charge in [-0.05, 0) is 23.3 Å². The molecule has 0 aliphatic rings. The number of hydrogen-bond acceptors (Lipinski definition) is 2. The first-order chi connectivity index (χ1) is 10.1. The van der Waals surface area contributed by atoms with E-state index in [1.54, 1.807) is 0 Å². The van der Waals surface area contributed by atoms with Crippen LogP contribution < -0.4 is 10.6 Å². The zero-order chi connectivity index (χ0) is 15.1. The lowest BCUT2D eigenvalue weighted by molar-refractivity contribution is -0.115. The zero-order valence-electron chi connectivity index (χ0n) is 12.6. The number of amides is 1. The minimum Gasteiger partial charge on any atom is -0.326 e. The van der Waals surface area contributed by atoms with Crippen molar-refractivity contribution in [1.82, 2.24) is 5.32 Å². The summed E-state index contributed by atoms with van der Waals surface area (Å²) in [5.41, 5.74) is 3.04. The highest BCUT2D eigenvalue weighted by molar-refractivity contribution is 5.92. The highest BCUT2D eigenvalue weighted by Gasteiger charge is 2.04. The molecule has 21 heavy (non-hydrogen) atoms. The van der Waals surface area contributed by atoms with Crippen molar-refractivity contribution in [2.24, 2.45) is 0 Å². The highest BCUT2D eigenvalue weighted by atomic mass is 16.1. The third kappa shape index (κ3) is 5.40. The molecule has 0 saturated carbocycles. The molecule has 0 atom stereocenters. The topological polar surface area (TPSA) is 41.1 Å². The number of carbonyl (C=O) groups is 1. The lowest BCUT2D eigenvalue weighted by atomic mass is 10.1. The molecule has 0 bridgehead atoms. The van der Waals surface area contributed by atoms with Gasteiger partial charge in [0.2, 0.25) is 5.91 Å². The molecule has 0 radical (unpaired) electrons. The molecule has 2 N–H and O–H groups in total. The van der Waals surface area contributed by atoms with Gasteiger partial charge in [0.25, 0.3) is 0 Å². The molecule has 2 aromatic rings. The fraction of sp³-hybridized carbons (Fsp3) is 0.278. The maximum atomic E-state index is 12.0. The second kappa shape index (κ2) is 7.60. The quantitative estimate of drug-likeness (QED) is 0.853. The van der Waals surface area contributed by atoms with Gasteiger partial charge in [-0.3, -0.25) is 4.79 Å². The Kier molecular flexibility index (Phi) is 5.52. The number of carbonyl (C=O) groups excluding carboxylic acids is 1. The smallest absolute Gasteiger partial charge is 0.228 e. The Bertz CT molecular complexity index is 579. The van der Waals surface area contributed by atoms with Crippen LogP contribution in [0.2, 0.25) is 0 Å². The SMILES string of the molecule is CC(C)NCc1cccc(NC(=O)Cc2ccccc2)c1. The van der Waals surface area contributed by atoms with Crippen molar-refractivity contribution >= 4 is 11.6 Å². The van der Waals surface area contributed by atoms with Crippen molar-refractivity contribution in [3.8, 4) is 0 Å². The number of anilines is 1. The number of nitrogens with one attached hydrogen (secondary N) is 2. The van der Waals surface area contributed by atoms with E-state index in [4.69, 9.17) is 0 Å². The van der Waals surface area contributed by atoms with Crippen molar-refractivity contribution in [2.45, 2.75) is 32.9 Å². The van der Waals surface area contributed by atoms with Gasteiger partial charge in [0.15, 0.2) is 0 Å². The average Bonchev–Trinajstić information content (AvgIpc) is 2.46. The molecule has 2 aromatic carbocycles.